The summed E-state index contributed by atoms with van der Waals surface area (Å²) in [5.41, 5.74) is 2.90. The molecule has 1 aromatic heterocycles. The molecule has 2 N–H and O–H groups in total. The fourth-order valence-electron chi connectivity index (χ4n) is 7.71. The summed E-state index contributed by atoms with van der Waals surface area (Å²) in [6.45, 7) is 8.13. The molecule has 206 valence electrons. The van der Waals surface area contributed by atoms with Gasteiger partial charge in [-0.05, 0) is 81.8 Å². The van der Waals surface area contributed by atoms with Crippen LogP contribution in [0.4, 0.5) is 10.7 Å². The number of piperazine rings is 1. The number of hydrogen-bond donors (Lipinski definition) is 2. The number of amides is 2. The monoisotopic (exact) mass is 527 g/mol. The first-order valence-electron chi connectivity index (χ1n) is 14.6. The third kappa shape index (κ3) is 6.32. The Balaban J connectivity index is 1.12. The molecule has 8 nitrogen and oxygen atoms in total. The third-order valence-electron chi connectivity index (χ3n) is 8.96. The summed E-state index contributed by atoms with van der Waals surface area (Å²) in [6.07, 6.45) is 11.8. The molecule has 8 heteroatoms. The molecule has 4 bridgehead atoms. The Bertz CT molecular complexity index is 1180. The smallest absolute Gasteiger partial charge is 0.321 e. The molecular formula is C31H41N7O. The van der Waals surface area contributed by atoms with Gasteiger partial charge in [0.05, 0.1) is 0 Å². The van der Waals surface area contributed by atoms with Crippen molar-refractivity contribution in [1.82, 2.24) is 30.4 Å². The van der Waals surface area contributed by atoms with Gasteiger partial charge >= 0.3 is 6.03 Å². The van der Waals surface area contributed by atoms with Crippen LogP contribution in [0, 0.1) is 31.6 Å². The number of carbonyl (C=O) groups is 1. The number of aromatic nitrogens is 2. The molecule has 7 rings (SSSR count). The van der Waals surface area contributed by atoms with Gasteiger partial charge in [0.15, 0.2) is 0 Å². The number of nitrogens with one attached hydrogen (secondary N) is 2. The quantitative estimate of drug-likeness (QED) is 0.436. The van der Waals surface area contributed by atoms with Crippen molar-refractivity contribution in [3.8, 4) is 0 Å². The molecule has 5 aliphatic rings. The van der Waals surface area contributed by atoms with E-state index < -0.39 is 0 Å². The van der Waals surface area contributed by atoms with E-state index in [1.165, 1.54) is 24.8 Å². The van der Waals surface area contributed by atoms with Crippen molar-refractivity contribution in [1.29, 1.82) is 0 Å². The van der Waals surface area contributed by atoms with Gasteiger partial charge in [-0.2, -0.15) is 4.99 Å². The Morgan fingerprint density at radius 1 is 0.974 bits per heavy atom. The van der Waals surface area contributed by atoms with Gasteiger partial charge in [0.2, 0.25) is 5.96 Å². The predicted molar refractivity (Wildman–Crippen MR) is 155 cm³/mol. The van der Waals surface area contributed by atoms with Crippen molar-refractivity contribution in [3.05, 3.63) is 59.4 Å². The molecule has 0 unspecified atom stereocenters. The number of urea groups is 1. The maximum atomic E-state index is 13.5. The summed E-state index contributed by atoms with van der Waals surface area (Å²) < 4.78 is 0. The molecule has 2 amide bonds. The van der Waals surface area contributed by atoms with Crippen molar-refractivity contribution in [2.45, 2.75) is 57.9 Å². The summed E-state index contributed by atoms with van der Waals surface area (Å²) in [7, 11) is 0. The van der Waals surface area contributed by atoms with Crippen LogP contribution in [0.15, 0.2) is 47.5 Å². The number of aliphatic imine (C=N–C) groups is 1. The standard InChI is InChI=1S/C31H41N7O/c1-22-15-23(2)33-28(32-22)34-29(35-30(39)36-31-19-25-16-26(20-31)18-27(17-25)21-31)38-13-11-37(12-14-38)10-6-9-24-7-4-3-5-8-24/h3-9,15,25-27H,10-14,16-21H2,1-2H3,(H2,32,33,34,35,36,39)/b9-6+. The SMILES string of the molecule is Cc1cc(C)nc(/N=C(/NC(=O)NC23CC4CC(CC(C4)C2)C3)N2CCN(C/C=C/c3ccccc3)CC2)n1. The van der Waals surface area contributed by atoms with Gasteiger partial charge in [-0.25, -0.2) is 14.8 Å². The number of hydrogen-bond acceptors (Lipinski definition) is 5. The molecular weight excluding hydrogens is 486 g/mol. The number of benzene rings is 1. The normalized spacial score (nSPS) is 28.7. The zero-order valence-corrected chi connectivity index (χ0v) is 23.3. The highest BCUT2D eigenvalue weighted by Crippen LogP contribution is 2.55. The zero-order valence-electron chi connectivity index (χ0n) is 23.3. The number of nitrogens with zero attached hydrogens (tertiary/aromatic N) is 5. The predicted octanol–water partition coefficient (Wildman–Crippen LogP) is 4.68. The maximum Gasteiger partial charge on any atom is 0.321 e. The Hall–Kier alpha value is -3.26. The number of carbonyl (C=O) groups excluding carboxylic acids is 1. The first-order valence-corrected chi connectivity index (χ1v) is 14.6. The lowest BCUT2D eigenvalue weighted by molar-refractivity contribution is -0.0133. The molecule has 0 spiro atoms. The average molecular weight is 528 g/mol. The zero-order chi connectivity index (χ0) is 26.8. The minimum absolute atomic E-state index is 0.0514. The topological polar surface area (TPSA) is 85.7 Å². The first-order chi connectivity index (χ1) is 18.9. The van der Waals surface area contributed by atoms with E-state index in [-0.39, 0.29) is 11.6 Å². The maximum absolute atomic E-state index is 13.5. The Morgan fingerprint density at radius 2 is 1.59 bits per heavy atom. The van der Waals surface area contributed by atoms with E-state index in [9.17, 15) is 4.79 Å². The van der Waals surface area contributed by atoms with Crippen LogP contribution in [0.3, 0.4) is 0 Å². The Labute approximate surface area is 232 Å². The molecule has 1 aliphatic heterocycles. The highest BCUT2D eigenvalue weighted by molar-refractivity contribution is 5.97. The van der Waals surface area contributed by atoms with Crippen LogP contribution in [-0.4, -0.2) is 70.0 Å². The van der Waals surface area contributed by atoms with Crippen molar-refractivity contribution in [3.63, 3.8) is 0 Å². The van der Waals surface area contributed by atoms with Crippen LogP contribution >= 0.6 is 0 Å². The second kappa shape index (κ2) is 11.1. The van der Waals surface area contributed by atoms with Gasteiger partial charge < -0.3 is 10.2 Å². The van der Waals surface area contributed by atoms with Crippen molar-refractivity contribution in [2.24, 2.45) is 22.7 Å². The van der Waals surface area contributed by atoms with Crippen LogP contribution in [0.1, 0.15) is 55.5 Å². The van der Waals surface area contributed by atoms with Gasteiger partial charge in [-0.1, -0.05) is 42.5 Å². The van der Waals surface area contributed by atoms with Crippen molar-refractivity contribution in [2.75, 3.05) is 32.7 Å². The summed E-state index contributed by atoms with van der Waals surface area (Å²) in [5, 5.41) is 6.58. The Kier molecular flexibility index (Phi) is 7.38. The van der Waals surface area contributed by atoms with Crippen molar-refractivity contribution >= 4 is 24.0 Å². The van der Waals surface area contributed by atoms with Crippen molar-refractivity contribution < 1.29 is 4.79 Å². The van der Waals surface area contributed by atoms with E-state index in [4.69, 9.17) is 4.99 Å². The third-order valence-corrected chi connectivity index (χ3v) is 8.96. The van der Waals surface area contributed by atoms with E-state index >= 15 is 0 Å². The lowest BCUT2D eigenvalue weighted by Gasteiger charge is -2.56. The summed E-state index contributed by atoms with van der Waals surface area (Å²) in [4.78, 5) is 31.9. The molecule has 4 saturated carbocycles. The molecule has 5 fully saturated rings. The van der Waals surface area contributed by atoms with Gasteiger partial charge in [0.1, 0.15) is 0 Å². The van der Waals surface area contributed by atoms with E-state index in [0.29, 0.717) is 11.9 Å². The molecule has 2 heterocycles. The Morgan fingerprint density at radius 3 is 2.21 bits per heavy atom. The molecule has 1 saturated heterocycles. The second-order valence-corrected chi connectivity index (χ2v) is 12.3. The van der Waals surface area contributed by atoms with Crippen LogP contribution in [0.5, 0.6) is 0 Å². The lowest BCUT2D eigenvalue weighted by Crippen LogP contribution is -2.63. The van der Waals surface area contributed by atoms with E-state index in [0.717, 1.165) is 81.1 Å². The fraction of sp³-hybridized carbons (Fsp3) is 0.548. The van der Waals surface area contributed by atoms with E-state index in [2.05, 4.69) is 66.8 Å². The minimum Gasteiger partial charge on any atom is -0.340 e. The van der Waals surface area contributed by atoms with Crippen LogP contribution in [0.2, 0.25) is 0 Å². The minimum atomic E-state index is -0.145. The van der Waals surface area contributed by atoms with E-state index in [1.807, 2.05) is 26.0 Å². The first kappa shape index (κ1) is 26.0. The van der Waals surface area contributed by atoms with Gasteiger partial charge in [-0.3, -0.25) is 10.2 Å². The van der Waals surface area contributed by atoms with Crippen LogP contribution in [0.25, 0.3) is 6.08 Å². The largest absolute Gasteiger partial charge is 0.340 e. The summed E-state index contributed by atoms with van der Waals surface area (Å²) in [5.74, 6) is 3.26. The highest BCUT2D eigenvalue weighted by atomic mass is 16.2. The average Bonchev–Trinajstić information content (AvgIpc) is 2.88. The highest BCUT2D eigenvalue weighted by Gasteiger charge is 2.51. The number of aryl methyl sites for hydroxylation is 2. The van der Waals surface area contributed by atoms with Gasteiger partial charge in [0, 0.05) is 49.7 Å². The molecule has 39 heavy (non-hydrogen) atoms. The summed E-state index contributed by atoms with van der Waals surface area (Å²) in [6, 6.07) is 12.2. The number of rotatable bonds is 5. The second-order valence-electron chi connectivity index (χ2n) is 12.3. The molecule has 4 aliphatic carbocycles. The molecule has 0 radical (unpaired) electrons. The fourth-order valence-corrected chi connectivity index (χ4v) is 7.71. The summed E-state index contributed by atoms with van der Waals surface area (Å²) >= 11 is 0. The molecule has 2 aromatic rings. The number of guanidine groups is 1. The van der Waals surface area contributed by atoms with E-state index in [1.54, 1.807) is 0 Å². The van der Waals surface area contributed by atoms with Crippen LogP contribution < -0.4 is 10.6 Å². The van der Waals surface area contributed by atoms with Gasteiger partial charge in [0.25, 0.3) is 5.95 Å². The molecule has 0 atom stereocenters. The molecule has 1 aromatic carbocycles. The lowest BCUT2D eigenvalue weighted by atomic mass is 9.53. The van der Waals surface area contributed by atoms with Crippen LogP contribution in [-0.2, 0) is 0 Å². The van der Waals surface area contributed by atoms with Gasteiger partial charge in [-0.15, -0.1) is 0 Å².